The Morgan fingerprint density at radius 1 is 1.11 bits per heavy atom. The molecule has 1 unspecified atom stereocenters. The second-order valence-corrected chi connectivity index (χ2v) is 9.37. The highest BCUT2D eigenvalue weighted by Gasteiger charge is 2.50. The number of rotatable bonds is 8. The Balaban J connectivity index is 1.60. The number of aryl methyl sites for hydroxylation is 1. The Bertz CT molecular complexity index is 942. The van der Waals surface area contributed by atoms with Crippen LogP contribution < -0.4 is 4.74 Å². The molecule has 148 valence electrons. The van der Waals surface area contributed by atoms with E-state index in [2.05, 4.69) is 0 Å². The van der Waals surface area contributed by atoms with Crippen molar-refractivity contribution in [2.24, 2.45) is 0 Å². The van der Waals surface area contributed by atoms with Crippen LogP contribution >= 0.6 is 7.67 Å². The molecule has 2 fully saturated rings. The average Bonchev–Trinajstić information content (AvgIpc) is 3.54. The van der Waals surface area contributed by atoms with Crippen LogP contribution in [0.4, 0.5) is 5.69 Å². The largest absolute Gasteiger partial charge is 0.450 e. The lowest BCUT2D eigenvalue weighted by atomic mass is 10.1. The fourth-order valence-electron chi connectivity index (χ4n) is 3.00. The van der Waals surface area contributed by atoms with Gasteiger partial charge in [-0.25, -0.2) is 9.34 Å². The number of hydrogen-bond acceptors (Lipinski definition) is 5. The van der Waals surface area contributed by atoms with Crippen molar-refractivity contribution in [1.82, 2.24) is 9.34 Å². The summed E-state index contributed by atoms with van der Waals surface area (Å²) in [5, 5.41) is 11.4. The van der Waals surface area contributed by atoms with E-state index < -0.39 is 18.7 Å². The summed E-state index contributed by atoms with van der Waals surface area (Å²) in [5.41, 5.74) is 1.54. The molecule has 0 saturated carbocycles. The first-order valence-corrected chi connectivity index (χ1v) is 10.7. The molecule has 2 heterocycles. The molecule has 2 aliphatic heterocycles. The molecule has 0 spiro atoms. The van der Waals surface area contributed by atoms with E-state index in [1.807, 2.05) is 34.5 Å². The van der Waals surface area contributed by atoms with Crippen LogP contribution in [0.3, 0.4) is 0 Å². The number of ether oxygens (including phenoxy) is 1. The van der Waals surface area contributed by atoms with Gasteiger partial charge in [-0.1, -0.05) is 12.1 Å². The monoisotopic (exact) mass is 403 g/mol. The molecule has 0 amide bonds. The zero-order chi connectivity index (χ0) is 19.9. The lowest BCUT2D eigenvalue weighted by molar-refractivity contribution is -0.385. The van der Waals surface area contributed by atoms with Gasteiger partial charge in [-0.3, -0.25) is 19.2 Å². The van der Waals surface area contributed by atoms with Gasteiger partial charge in [0.05, 0.1) is 11.0 Å². The first-order valence-electron chi connectivity index (χ1n) is 9.19. The van der Waals surface area contributed by atoms with Gasteiger partial charge in [0.15, 0.2) is 0 Å². The number of benzene rings is 2. The molecule has 4 rings (SSSR count). The van der Waals surface area contributed by atoms with Crippen LogP contribution in [0.25, 0.3) is 0 Å². The van der Waals surface area contributed by atoms with Gasteiger partial charge in [0.25, 0.3) is 0 Å². The molecule has 9 heteroatoms. The van der Waals surface area contributed by atoms with E-state index in [0.29, 0.717) is 11.3 Å². The predicted molar refractivity (Wildman–Crippen MR) is 105 cm³/mol. The Morgan fingerprint density at radius 2 is 1.79 bits per heavy atom. The second-order valence-electron chi connectivity index (χ2n) is 7.05. The van der Waals surface area contributed by atoms with E-state index in [1.54, 1.807) is 25.1 Å². The molecule has 0 aromatic heterocycles. The van der Waals surface area contributed by atoms with Crippen molar-refractivity contribution in [2.75, 3.05) is 26.2 Å². The summed E-state index contributed by atoms with van der Waals surface area (Å²) in [6, 6.07) is 11.9. The highest BCUT2D eigenvalue weighted by atomic mass is 31.2. The van der Waals surface area contributed by atoms with Gasteiger partial charge < -0.3 is 4.74 Å². The van der Waals surface area contributed by atoms with E-state index in [4.69, 9.17) is 9.26 Å². The molecule has 0 radical (unpaired) electrons. The van der Waals surface area contributed by atoms with E-state index in [1.165, 1.54) is 6.07 Å². The van der Waals surface area contributed by atoms with Crippen LogP contribution in [0.2, 0.25) is 0 Å². The van der Waals surface area contributed by atoms with Crippen molar-refractivity contribution >= 4 is 13.4 Å². The zero-order valence-corrected chi connectivity index (χ0v) is 16.7. The molecule has 2 aliphatic rings. The first-order chi connectivity index (χ1) is 13.4. The summed E-state index contributed by atoms with van der Waals surface area (Å²) >= 11 is 0. The van der Waals surface area contributed by atoms with Crippen LogP contribution in [0.15, 0.2) is 42.5 Å². The summed E-state index contributed by atoms with van der Waals surface area (Å²) in [4.78, 5) is 10.9. The standard InChI is InChI=1S/C19H22N3O5P/c1-14-4-3-5-17(12-14)26-19-13-16(6-7-18(19)22(23)24)15(2)27-28(25,20-8-9-20)21-10-11-21/h3-7,12-13,15H,8-11H2,1-2H3. The summed E-state index contributed by atoms with van der Waals surface area (Å²) in [5.74, 6) is 0.657. The minimum Gasteiger partial charge on any atom is -0.450 e. The molecule has 8 nitrogen and oxygen atoms in total. The third-order valence-corrected chi connectivity index (χ3v) is 7.55. The zero-order valence-electron chi connectivity index (χ0n) is 15.8. The Morgan fingerprint density at radius 3 is 2.36 bits per heavy atom. The molecule has 2 saturated heterocycles. The van der Waals surface area contributed by atoms with Crippen molar-refractivity contribution in [1.29, 1.82) is 0 Å². The van der Waals surface area contributed by atoms with Crippen molar-refractivity contribution < 1.29 is 18.7 Å². The fraction of sp³-hybridized carbons (Fsp3) is 0.368. The van der Waals surface area contributed by atoms with E-state index >= 15 is 0 Å². The molecular weight excluding hydrogens is 381 g/mol. The summed E-state index contributed by atoms with van der Waals surface area (Å²) in [6.07, 6.45) is -0.493. The highest BCUT2D eigenvalue weighted by molar-refractivity contribution is 7.54. The van der Waals surface area contributed by atoms with Crippen LogP contribution in [-0.4, -0.2) is 40.4 Å². The third kappa shape index (κ3) is 3.95. The summed E-state index contributed by atoms with van der Waals surface area (Å²) < 4.78 is 28.7. The van der Waals surface area contributed by atoms with Crippen molar-refractivity contribution in [3.63, 3.8) is 0 Å². The quantitative estimate of drug-likeness (QED) is 0.277. The molecule has 28 heavy (non-hydrogen) atoms. The van der Waals surface area contributed by atoms with Crippen molar-refractivity contribution in [2.45, 2.75) is 20.0 Å². The van der Waals surface area contributed by atoms with Gasteiger partial charge in [0, 0.05) is 32.2 Å². The van der Waals surface area contributed by atoms with Gasteiger partial charge in [-0.2, -0.15) is 0 Å². The SMILES string of the molecule is Cc1cccc(Oc2cc(C(C)OP(=O)(N3CC3)N3CC3)ccc2[N+](=O)[O-])c1. The molecule has 0 aliphatic carbocycles. The van der Waals surface area contributed by atoms with Crippen LogP contribution in [-0.2, 0) is 9.09 Å². The molecule has 0 bridgehead atoms. The van der Waals surface area contributed by atoms with Crippen LogP contribution in [0.5, 0.6) is 11.5 Å². The lowest BCUT2D eigenvalue weighted by Gasteiger charge is -2.24. The second kappa shape index (κ2) is 7.29. The lowest BCUT2D eigenvalue weighted by Crippen LogP contribution is -2.10. The minimum atomic E-state index is -2.99. The summed E-state index contributed by atoms with van der Waals surface area (Å²) in [6.45, 7) is 6.79. The van der Waals surface area contributed by atoms with Gasteiger partial charge >= 0.3 is 13.4 Å². The normalized spacial score (nSPS) is 17.9. The Kier molecular flexibility index (Phi) is 4.97. The number of nitrogens with zero attached hydrogens (tertiary/aromatic N) is 3. The Hall–Kier alpha value is -2.25. The molecule has 2 aromatic carbocycles. The van der Waals surface area contributed by atoms with Gasteiger partial charge in [-0.05, 0) is 49.2 Å². The molecular formula is C19H22N3O5P. The highest BCUT2D eigenvalue weighted by Crippen LogP contribution is 2.63. The first kappa shape index (κ1) is 19.1. The van der Waals surface area contributed by atoms with Crippen molar-refractivity contribution in [3.05, 3.63) is 63.7 Å². The molecule has 1 atom stereocenters. The maximum atomic E-state index is 13.2. The number of nitro groups is 1. The third-order valence-electron chi connectivity index (χ3n) is 4.72. The van der Waals surface area contributed by atoms with Crippen LogP contribution in [0, 0.1) is 17.0 Å². The molecule has 0 N–H and O–H groups in total. The Labute approximate surface area is 163 Å². The number of nitro benzene ring substituents is 1. The van der Waals surface area contributed by atoms with E-state index in [9.17, 15) is 14.7 Å². The van der Waals surface area contributed by atoms with Gasteiger partial charge in [0.1, 0.15) is 5.75 Å². The topological polar surface area (TPSA) is 84.7 Å². The number of hydrogen-bond donors (Lipinski definition) is 0. The molecule has 2 aromatic rings. The summed E-state index contributed by atoms with van der Waals surface area (Å²) in [7, 11) is -2.99. The maximum absolute atomic E-state index is 13.2. The van der Waals surface area contributed by atoms with Crippen LogP contribution in [0.1, 0.15) is 24.2 Å². The van der Waals surface area contributed by atoms with Gasteiger partial charge in [-0.15, -0.1) is 0 Å². The van der Waals surface area contributed by atoms with Gasteiger partial charge in [0.2, 0.25) is 5.75 Å². The van der Waals surface area contributed by atoms with Crippen molar-refractivity contribution in [3.8, 4) is 11.5 Å². The fourth-order valence-corrected chi connectivity index (χ4v) is 5.34. The van der Waals surface area contributed by atoms with E-state index in [0.717, 1.165) is 31.7 Å². The minimum absolute atomic E-state index is 0.127. The average molecular weight is 403 g/mol. The maximum Gasteiger partial charge on any atom is 0.346 e. The predicted octanol–water partition coefficient (Wildman–Crippen LogP) is 4.51. The van der Waals surface area contributed by atoms with E-state index in [-0.39, 0.29) is 11.4 Å². The smallest absolute Gasteiger partial charge is 0.346 e.